The summed E-state index contributed by atoms with van der Waals surface area (Å²) < 4.78 is 5.16. The minimum Gasteiger partial charge on any atom is -0.378 e. The van der Waals surface area contributed by atoms with Gasteiger partial charge in [-0.1, -0.05) is 19.3 Å². The first-order valence-corrected chi connectivity index (χ1v) is 8.89. The Morgan fingerprint density at radius 1 is 1.25 bits per heavy atom. The summed E-state index contributed by atoms with van der Waals surface area (Å²) in [5.74, 6) is 0.932. The standard InChI is InChI=1S/C16H26N2OS/c1-19-11-16-17-14(12-20-16)10-18(15-7-8-15)9-13-5-3-2-4-6-13/h12-13,15H,2-11H2,1H3. The van der Waals surface area contributed by atoms with Gasteiger partial charge in [-0.05, 0) is 31.6 Å². The third-order valence-electron chi connectivity index (χ3n) is 4.51. The number of ether oxygens (including phenoxy) is 1. The average molecular weight is 294 g/mol. The molecule has 1 aromatic heterocycles. The molecule has 0 saturated heterocycles. The number of hydrogen-bond acceptors (Lipinski definition) is 4. The highest BCUT2D eigenvalue weighted by Crippen LogP contribution is 2.32. The van der Waals surface area contributed by atoms with Crippen LogP contribution in [0.3, 0.4) is 0 Å². The SMILES string of the molecule is COCc1nc(CN(CC2CCCCC2)C2CC2)cs1. The predicted octanol–water partition coefficient (Wildman–Crippen LogP) is 3.83. The molecule has 0 aromatic carbocycles. The van der Waals surface area contributed by atoms with Crippen molar-refractivity contribution < 1.29 is 4.74 Å². The molecule has 112 valence electrons. The molecule has 4 heteroatoms. The fourth-order valence-corrected chi connectivity index (χ4v) is 4.06. The molecule has 0 aliphatic heterocycles. The van der Waals surface area contributed by atoms with E-state index in [1.165, 1.54) is 57.2 Å². The van der Waals surface area contributed by atoms with Gasteiger partial charge in [0.05, 0.1) is 12.3 Å². The zero-order valence-corrected chi connectivity index (χ0v) is 13.3. The Labute approximate surface area is 126 Å². The lowest BCUT2D eigenvalue weighted by atomic mass is 9.89. The Balaban J connectivity index is 1.55. The van der Waals surface area contributed by atoms with Gasteiger partial charge in [-0.25, -0.2) is 4.98 Å². The summed E-state index contributed by atoms with van der Waals surface area (Å²) in [4.78, 5) is 7.39. The molecule has 2 fully saturated rings. The largest absolute Gasteiger partial charge is 0.378 e. The molecule has 2 saturated carbocycles. The van der Waals surface area contributed by atoms with E-state index in [4.69, 9.17) is 9.72 Å². The van der Waals surface area contributed by atoms with Crippen molar-refractivity contribution in [1.29, 1.82) is 0 Å². The molecule has 0 spiro atoms. The van der Waals surface area contributed by atoms with Crippen LogP contribution in [0, 0.1) is 5.92 Å². The molecule has 1 aromatic rings. The van der Waals surface area contributed by atoms with Gasteiger partial charge in [-0.15, -0.1) is 11.3 Å². The summed E-state index contributed by atoms with van der Waals surface area (Å²) in [6.45, 7) is 2.99. The van der Waals surface area contributed by atoms with E-state index in [-0.39, 0.29) is 0 Å². The van der Waals surface area contributed by atoms with Crippen LogP contribution < -0.4 is 0 Å². The van der Waals surface area contributed by atoms with Crippen molar-refractivity contribution in [2.45, 2.75) is 64.1 Å². The second-order valence-electron chi connectivity index (χ2n) is 6.33. The monoisotopic (exact) mass is 294 g/mol. The highest BCUT2D eigenvalue weighted by atomic mass is 32.1. The van der Waals surface area contributed by atoms with Gasteiger partial charge < -0.3 is 4.74 Å². The van der Waals surface area contributed by atoms with Crippen LogP contribution in [0.4, 0.5) is 0 Å². The maximum Gasteiger partial charge on any atom is 0.119 e. The Hall–Kier alpha value is -0.450. The average Bonchev–Trinajstić information content (AvgIpc) is 3.22. The third-order valence-corrected chi connectivity index (χ3v) is 5.38. The number of thiazole rings is 1. The van der Waals surface area contributed by atoms with Crippen molar-refractivity contribution in [3.63, 3.8) is 0 Å². The van der Waals surface area contributed by atoms with E-state index in [9.17, 15) is 0 Å². The van der Waals surface area contributed by atoms with Crippen molar-refractivity contribution >= 4 is 11.3 Å². The van der Waals surface area contributed by atoms with Gasteiger partial charge in [0, 0.05) is 31.6 Å². The molecule has 3 nitrogen and oxygen atoms in total. The van der Waals surface area contributed by atoms with Crippen LogP contribution >= 0.6 is 11.3 Å². The molecule has 0 radical (unpaired) electrons. The maximum atomic E-state index is 5.16. The van der Waals surface area contributed by atoms with Crippen LogP contribution in [0.2, 0.25) is 0 Å². The number of rotatable bonds is 7. The molecule has 0 atom stereocenters. The molecule has 3 rings (SSSR count). The second kappa shape index (κ2) is 7.01. The molecule has 0 bridgehead atoms. The van der Waals surface area contributed by atoms with Gasteiger partial charge in [0.25, 0.3) is 0 Å². The first-order chi connectivity index (χ1) is 9.85. The van der Waals surface area contributed by atoms with Gasteiger partial charge in [-0.2, -0.15) is 0 Å². The minimum absolute atomic E-state index is 0.650. The lowest BCUT2D eigenvalue weighted by Gasteiger charge is -2.29. The van der Waals surface area contributed by atoms with Crippen LogP contribution in [0.1, 0.15) is 55.6 Å². The van der Waals surface area contributed by atoms with Crippen LogP contribution in [-0.4, -0.2) is 29.6 Å². The molecule has 0 amide bonds. The van der Waals surface area contributed by atoms with Crippen LogP contribution in [0.15, 0.2) is 5.38 Å². The molecular formula is C16H26N2OS. The van der Waals surface area contributed by atoms with Crippen molar-refractivity contribution in [1.82, 2.24) is 9.88 Å². The summed E-state index contributed by atoms with van der Waals surface area (Å²) in [6, 6.07) is 0.838. The van der Waals surface area contributed by atoms with Gasteiger partial charge in [0.15, 0.2) is 0 Å². The van der Waals surface area contributed by atoms with E-state index in [1.807, 2.05) is 0 Å². The Morgan fingerprint density at radius 3 is 2.75 bits per heavy atom. The van der Waals surface area contributed by atoms with Gasteiger partial charge in [0.1, 0.15) is 5.01 Å². The summed E-state index contributed by atoms with van der Waals surface area (Å²) in [6.07, 6.45) is 10.00. The number of hydrogen-bond donors (Lipinski definition) is 0. The topological polar surface area (TPSA) is 25.4 Å². The molecule has 0 N–H and O–H groups in total. The van der Waals surface area contributed by atoms with Crippen LogP contribution in [-0.2, 0) is 17.9 Å². The Bertz CT molecular complexity index is 410. The second-order valence-corrected chi connectivity index (χ2v) is 7.27. The van der Waals surface area contributed by atoms with Crippen LogP contribution in [0.25, 0.3) is 0 Å². The highest BCUT2D eigenvalue weighted by molar-refractivity contribution is 7.09. The van der Waals surface area contributed by atoms with E-state index in [0.29, 0.717) is 6.61 Å². The Kier molecular flexibility index (Phi) is 5.08. The molecule has 1 heterocycles. The van der Waals surface area contributed by atoms with E-state index in [0.717, 1.165) is 23.5 Å². The number of methoxy groups -OCH3 is 1. The maximum absolute atomic E-state index is 5.16. The van der Waals surface area contributed by atoms with Gasteiger partial charge in [0.2, 0.25) is 0 Å². The number of aromatic nitrogens is 1. The Morgan fingerprint density at radius 2 is 2.05 bits per heavy atom. The fourth-order valence-electron chi connectivity index (χ4n) is 3.30. The van der Waals surface area contributed by atoms with Gasteiger partial charge in [-0.3, -0.25) is 4.90 Å². The number of nitrogens with zero attached hydrogens (tertiary/aromatic N) is 2. The summed E-state index contributed by atoms with van der Waals surface area (Å²) in [5, 5.41) is 3.32. The molecular weight excluding hydrogens is 268 g/mol. The fraction of sp³-hybridized carbons (Fsp3) is 0.812. The van der Waals surface area contributed by atoms with E-state index in [2.05, 4.69) is 10.3 Å². The first-order valence-electron chi connectivity index (χ1n) is 8.01. The smallest absolute Gasteiger partial charge is 0.119 e. The van der Waals surface area contributed by atoms with E-state index in [1.54, 1.807) is 18.4 Å². The normalized spacial score (nSPS) is 20.7. The van der Waals surface area contributed by atoms with Crippen LogP contribution in [0.5, 0.6) is 0 Å². The zero-order valence-electron chi connectivity index (χ0n) is 12.5. The molecule has 20 heavy (non-hydrogen) atoms. The van der Waals surface area contributed by atoms with Gasteiger partial charge >= 0.3 is 0 Å². The van der Waals surface area contributed by atoms with Crippen molar-refractivity contribution in [3.05, 3.63) is 16.1 Å². The summed E-state index contributed by atoms with van der Waals surface area (Å²) in [5.41, 5.74) is 1.24. The predicted molar refractivity (Wildman–Crippen MR) is 82.8 cm³/mol. The van der Waals surface area contributed by atoms with Crippen molar-refractivity contribution in [3.8, 4) is 0 Å². The summed E-state index contributed by atoms with van der Waals surface area (Å²) in [7, 11) is 1.74. The van der Waals surface area contributed by atoms with Crippen molar-refractivity contribution in [2.24, 2.45) is 5.92 Å². The highest BCUT2D eigenvalue weighted by Gasteiger charge is 2.31. The zero-order chi connectivity index (χ0) is 13.8. The quantitative estimate of drug-likeness (QED) is 0.764. The molecule has 0 unspecified atom stereocenters. The molecule has 2 aliphatic rings. The van der Waals surface area contributed by atoms with Crippen molar-refractivity contribution in [2.75, 3.05) is 13.7 Å². The lowest BCUT2D eigenvalue weighted by molar-refractivity contribution is 0.179. The first kappa shape index (κ1) is 14.5. The van der Waals surface area contributed by atoms with E-state index >= 15 is 0 Å². The molecule has 2 aliphatic carbocycles. The van der Waals surface area contributed by atoms with E-state index < -0.39 is 0 Å². The minimum atomic E-state index is 0.650. The third kappa shape index (κ3) is 4.03. The lowest BCUT2D eigenvalue weighted by Crippen LogP contribution is -2.32. The summed E-state index contributed by atoms with van der Waals surface area (Å²) >= 11 is 1.73.